The van der Waals surface area contributed by atoms with Crippen LogP contribution in [0.25, 0.3) is 0 Å². The molecule has 0 bridgehead atoms. The number of hydrogen-bond donors (Lipinski definition) is 0. The van der Waals surface area contributed by atoms with Crippen molar-refractivity contribution >= 4 is 34.2 Å². The molecule has 1 unspecified atom stereocenters. The van der Waals surface area contributed by atoms with Crippen molar-refractivity contribution in [3.8, 4) is 12.3 Å². The van der Waals surface area contributed by atoms with Gasteiger partial charge in [-0.25, -0.2) is 0 Å². The zero-order valence-electron chi connectivity index (χ0n) is 12.4. The van der Waals surface area contributed by atoms with Crippen LogP contribution in [0.4, 0.5) is 0 Å². The molecule has 1 aromatic carbocycles. The second-order valence-electron chi connectivity index (χ2n) is 5.26. The third kappa shape index (κ3) is 4.65. The summed E-state index contributed by atoms with van der Waals surface area (Å²) in [6, 6.07) is 8.13. The van der Waals surface area contributed by atoms with Crippen molar-refractivity contribution in [3.05, 3.63) is 34.9 Å². The van der Waals surface area contributed by atoms with Crippen molar-refractivity contribution in [2.75, 3.05) is 19.6 Å². The minimum absolute atomic E-state index is 0.462. The Morgan fingerprint density at radius 3 is 2.35 bits per heavy atom. The van der Waals surface area contributed by atoms with Gasteiger partial charge in [0.2, 0.25) is 0 Å². The first-order chi connectivity index (χ1) is 9.59. The van der Waals surface area contributed by atoms with E-state index in [0.29, 0.717) is 4.05 Å². The number of benzene rings is 1. The average molecular weight is 405 g/mol. The van der Waals surface area contributed by atoms with E-state index < -0.39 is 0 Å². The molecule has 0 amide bonds. The molecule has 0 aromatic heterocycles. The van der Waals surface area contributed by atoms with Crippen molar-refractivity contribution in [2.24, 2.45) is 0 Å². The Hall–Kier alpha value is -0.240. The summed E-state index contributed by atoms with van der Waals surface area (Å²) in [5.41, 5.74) is 1.22. The Labute approximate surface area is 142 Å². The maximum absolute atomic E-state index is 6.30. The first-order valence-electron chi connectivity index (χ1n) is 7.26. The van der Waals surface area contributed by atoms with Crippen molar-refractivity contribution in [3.63, 3.8) is 0 Å². The number of rotatable bonds is 8. The van der Waals surface area contributed by atoms with Gasteiger partial charge in [0.1, 0.15) is 10.6 Å². The van der Waals surface area contributed by atoms with E-state index in [1.54, 1.807) is 0 Å². The zero-order chi connectivity index (χ0) is 15.0. The molecule has 0 saturated carbocycles. The summed E-state index contributed by atoms with van der Waals surface area (Å²) in [5, 5.41) is 0.862. The molecule has 0 N–H and O–H groups in total. The van der Waals surface area contributed by atoms with E-state index >= 15 is 0 Å². The van der Waals surface area contributed by atoms with Crippen molar-refractivity contribution in [2.45, 2.75) is 37.2 Å². The molecule has 0 fully saturated rings. The number of alkyl halides is 1. The van der Waals surface area contributed by atoms with Crippen LogP contribution in [0.1, 0.15) is 32.3 Å². The van der Waals surface area contributed by atoms with Gasteiger partial charge in [-0.2, -0.15) is 0 Å². The standard InChI is InChI=1S/C17H24ClIN/c1-4-11-20(12-5-2,13-6-3)17(19)14-15-9-7-8-10-16(15)18/h1,7-10,17H,5-6,11-14H2,2-3H3/q+1. The lowest BCUT2D eigenvalue weighted by Crippen LogP contribution is -2.55. The molecule has 0 aliphatic carbocycles. The van der Waals surface area contributed by atoms with E-state index in [0.717, 1.165) is 48.4 Å². The molecule has 0 aliphatic rings. The number of hydrogen-bond acceptors (Lipinski definition) is 0. The summed E-state index contributed by atoms with van der Waals surface area (Å²) >= 11 is 8.86. The van der Waals surface area contributed by atoms with E-state index in [4.69, 9.17) is 18.0 Å². The molecule has 1 atom stereocenters. The van der Waals surface area contributed by atoms with Crippen LogP contribution in [0.3, 0.4) is 0 Å². The summed E-state index contributed by atoms with van der Waals surface area (Å²) in [6.45, 7) is 7.54. The Balaban J connectivity index is 2.95. The van der Waals surface area contributed by atoms with Crippen molar-refractivity contribution in [1.82, 2.24) is 0 Å². The zero-order valence-corrected chi connectivity index (χ0v) is 15.3. The maximum Gasteiger partial charge on any atom is 0.144 e. The first-order valence-corrected chi connectivity index (χ1v) is 8.88. The van der Waals surface area contributed by atoms with Crippen LogP contribution in [0.15, 0.2) is 24.3 Å². The van der Waals surface area contributed by atoms with Crippen LogP contribution in [0.5, 0.6) is 0 Å². The Bertz CT molecular complexity index is 447. The molecule has 0 spiro atoms. The molecule has 0 aliphatic heterocycles. The highest BCUT2D eigenvalue weighted by molar-refractivity contribution is 14.1. The monoisotopic (exact) mass is 404 g/mol. The van der Waals surface area contributed by atoms with Gasteiger partial charge in [0.05, 0.1) is 13.1 Å². The summed E-state index contributed by atoms with van der Waals surface area (Å²) in [5.74, 6) is 2.89. The molecule has 20 heavy (non-hydrogen) atoms. The van der Waals surface area contributed by atoms with E-state index in [9.17, 15) is 0 Å². The van der Waals surface area contributed by atoms with Gasteiger partial charge in [-0.05, 0) is 53.0 Å². The van der Waals surface area contributed by atoms with E-state index in [1.807, 2.05) is 12.1 Å². The Kier molecular flexibility index (Phi) is 7.94. The molecule has 1 nitrogen and oxygen atoms in total. The highest BCUT2D eigenvalue weighted by Crippen LogP contribution is 2.27. The first kappa shape index (κ1) is 17.8. The smallest absolute Gasteiger partial charge is 0.144 e. The maximum atomic E-state index is 6.30. The van der Waals surface area contributed by atoms with Crippen molar-refractivity contribution in [1.29, 1.82) is 0 Å². The topological polar surface area (TPSA) is 0 Å². The molecular weight excluding hydrogens is 381 g/mol. The highest BCUT2D eigenvalue weighted by Gasteiger charge is 2.33. The molecule has 0 heterocycles. The molecular formula is C17H24ClIN+. The van der Waals surface area contributed by atoms with Crippen LogP contribution < -0.4 is 0 Å². The second kappa shape index (κ2) is 8.92. The fraction of sp³-hybridized carbons (Fsp3) is 0.529. The number of halogens is 2. The van der Waals surface area contributed by atoms with Gasteiger partial charge in [0.15, 0.2) is 0 Å². The lowest BCUT2D eigenvalue weighted by Gasteiger charge is -2.41. The van der Waals surface area contributed by atoms with E-state index in [1.165, 1.54) is 5.56 Å². The summed E-state index contributed by atoms with van der Waals surface area (Å²) in [6.07, 6.45) is 8.93. The van der Waals surface area contributed by atoms with Gasteiger partial charge in [-0.15, -0.1) is 6.42 Å². The van der Waals surface area contributed by atoms with Crippen LogP contribution in [-0.4, -0.2) is 28.2 Å². The predicted octanol–water partition coefficient (Wildman–Crippen LogP) is 4.91. The van der Waals surface area contributed by atoms with Gasteiger partial charge in [-0.1, -0.05) is 43.6 Å². The lowest BCUT2D eigenvalue weighted by molar-refractivity contribution is -0.927. The molecule has 1 rings (SSSR count). The minimum Gasteiger partial charge on any atom is -0.303 e. The van der Waals surface area contributed by atoms with Crippen LogP contribution in [0, 0.1) is 12.3 Å². The Morgan fingerprint density at radius 1 is 1.25 bits per heavy atom. The highest BCUT2D eigenvalue weighted by atomic mass is 127. The number of terminal acetylenes is 1. The normalized spacial score (nSPS) is 12.9. The molecule has 110 valence electrons. The lowest BCUT2D eigenvalue weighted by atomic mass is 10.1. The third-order valence-corrected chi connectivity index (χ3v) is 5.68. The van der Waals surface area contributed by atoms with Crippen LogP contribution in [-0.2, 0) is 6.42 Å². The van der Waals surface area contributed by atoms with Gasteiger partial charge in [-0.3, -0.25) is 0 Å². The predicted molar refractivity (Wildman–Crippen MR) is 97.2 cm³/mol. The molecule has 3 heteroatoms. The van der Waals surface area contributed by atoms with Crippen LogP contribution in [0.2, 0.25) is 5.02 Å². The molecule has 0 radical (unpaired) electrons. The quantitative estimate of drug-likeness (QED) is 0.190. The molecule has 1 aromatic rings. The average Bonchev–Trinajstić information content (AvgIpc) is 2.42. The van der Waals surface area contributed by atoms with Crippen molar-refractivity contribution < 1.29 is 4.48 Å². The SMILES string of the molecule is C#CC[N+](CCC)(CCC)C(I)Cc1ccccc1Cl. The summed E-state index contributed by atoms with van der Waals surface area (Å²) in [7, 11) is 0. The minimum atomic E-state index is 0.462. The van der Waals surface area contributed by atoms with Gasteiger partial charge >= 0.3 is 0 Å². The van der Waals surface area contributed by atoms with Gasteiger partial charge in [0, 0.05) is 11.4 Å². The second-order valence-corrected chi connectivity index (χ2v) is 7.10. The largest absolute Gasteiger partial charge is 0.303 e. The molecule has 0 saturated heterocycles. The number of nitrogens with zero attached hydrogens (tertiary/aromatic N) is 1. The van der Waals surface area contributed by atoms with Gasteiger partial charge < -0.3 is 4.48 Å². The number of quaternary nitrogens is 1. The van der Waals surface area contributed by atoms with Gasteiger partial charge in [0.25, 0.3) is 0 Å². The van der Waals surface area contributed by atoms with E-state index in [-0.39, 0.29) is 0 Å². The third-order valence-electron chi connectivity index (χ3n) is 3.68. The van der Waals surface area contributed by atoms with Crippen LogP contribution >= 0.6 is 34.2 Å². The summed E-state index contributed by atoms with van der Waals surface area (Å²) in [4.78, 5) is 0. The Morgan fingerprint density at radius 2 is 1.85 bits per heavy atom. The fourth-order valence-corrected chi connectivity index (χ4v) is 4.20. The van der Waals surface area contributed by atoms with E-state index in [2.05, 4.69) is 54.5 Å². The fourth-order valence-electron chi connectivity index (χ4n) is 2.76. The summed E-state index contributed by atoms with van der Waals surface area (Å²) < 4.78 is 1.46.